The highest BCUT2D eigenvalue weighted by atomic mass is 32.2. The lowest BCUT2D eigenvalue weighted by Gasteiger charge is -2.27. The van der Waals surface area contributed by atoms with E-state index in [1.807, 2.05) is 11.8 Å². The molecule has 110 valence electrons. The standard InChI is InChI=1S/C15H27NO2S/c17-14(11-13-5-9-19-10-6-13)16-12-15(18)7-3-1-2-4-8-15/h13,18H,1-12H2,(H,16,17). The summed E-state index contributed by atoms with van der Waals surface area (Å²) in [4.78, 5) is 12.0. The minimum atomic E-state index is -0.644. The van der Waals surface area contributed by atoms with Gasteiger partial charge in [-0.2, -0.15) is 11.8 Å². The second-order valence-corrected chi connectivity index (χ2v) is 7.40. The summed E-state index contributed by atoms with van der Waals surface area (Å²) < 4.78 is 0. The first-order valence-corrected chi connectivity index (χ1v) is 8.90. The summed E-state index contributed by atoms with van der Waals surface area (Å²) in [7, 11) is 0. The first-order valence-electron chi connectivity index (χ1n) is 7.75. The molecular weight excluding hydrogens is 258 g/mol. The fraction of sp³-hybridized carbons (Fsp3) is 0.933. The Labute approximate surface area is 120 Å². The Morgan fingerprint density at radius 3 is 2.42 bits per heavy atom. The van der Waals surface area contributed by atoms with Crippen LogP contribution in [0, 0.1) is 5.92 Å². The van der Waals surface area contributed by atoms with Crippen molar-refractivity contribution in [2.45, 2.75) is 63.4 Å². The zero-order valence-corrected chi connectivity index (χ0v) is 12.6. The van der Waals surface area contributed by atoms with Gasteiger partial charge in [-0.3, -0.25) is 4.79 Å². The predicted octanol–water partition coefficient (Wildman–Crippen LogP) is 2.72. The molecule has 2 N–H and O–H groups in total. The molecule has 0 bridgehead atoms. The number of hydrogen-bond donors (Lipinski definition) is 2. The predicted molar refractivity (Wildman–Crippen MR) is 80.3 cm³/mol. The highest BCUT2D eigenvalue weighted by Gasteiger charge is 2.28. The monoisotopic (exact) mass is 285 g/mol. The average Bonchev–Trinajstić information content (AvgIpc) is 2.63. The third kappa shape index (κ3) is 5.35. The van der Waals surface area contributed by atoms with Gasteiger partial charge in [-0.15, -0.1) is 0 Å². The Hall–Kier alpha value is -0.220. The van der Waals surface area contributed by atoms with Crippen LogP contribution >= 0.6 is 11.8 Å². The molecule has 2 fully saturated rings. The van der Waals surface area contributed by atoms with Crippen LogP contribution in [-0.4, -0.2) is 34.7 Å². The topological polar surface area (TPSA) is 49.3 Å². The van der Waals surface area contributed by atoms with Gasteiger partial charge < -0.3 is 10.4 Å². The van der Waals surface area contributed by atoms with Gasteiger partial charge in [0.25, 0.3) is 0 Å². The van der Waals surface area contributed by atoms with Crippen molar-refractivity contribution in [3.8, 4) is 0 Å². The molecule has 3 nitrogen and oxygen atoms in total. The van der Waals surface area contributed by atoms with E-state index >= 15 is 0 Å². The largest absolute Gasteiger partial charge is 0.388 e. The van der Waals surface area contributed by atoms with Gasteiger partial charge in [-0.1, -0.05) is 25.7 Å². The van der Waals surface area contributed by atoms with Crippen molar-refractivity contribution in [2.24, 2.45) is 5.92 Å². The molecule has 0 radical (unpaired) electrons. The summed E-state index contributed by atoms with van der Waals surface area (Å²) in [6.45, 7) is 0.452. The molecule has 1 aliphatic carbocycles. The molecule has 1 aliphatic heterocycles. The number of thioether (sulfide) groups is 1. The molecule has 1 saturated heterocycles. The van der Waals surface area contributed by atoms with Gasteiger partial charge in [0, 0.05) is 13.0 Å². The van der Waals surface area contributed by atoms with Gasteiger partial charge >= 0.3 is 0 Å². The van der Waals surface area contributed by atoms with E-state index in [2.05, 4.69) is 5.32 Å². The second kappa shape index (κ2) is 7.53. The number of amides is 1. The molecule has 2 rings (SSSR count). The van der Waals surface area contributed by atoms with Crippen molar-refractivity contribution < 1.29 is 9.90 Å². The third-order valence-corrected chi connectivity index (χ3v) is 5.51. The molecule has 1 saturated carbocycles. The van der Waals surface area contributed by atoms with E-state index in [-0.39, 0.29) is 5.91 Å². The van der Waals surface area contributed by atoms with Crippen LogP contribution in [0.1, 0.15) is 57.8 Å². The van der Waals surface area contributed by atoms with Crippen molar-refractivity contribution in [3.63, 3.8) is 0 Å². The number of nitrogens with one attached hydrogen (secondary N) is 1. The van der Waals surface area contributed by atoms with Crippen LogP contribution in [-0.2, 0) is 4.79 Å². The number of aliphatic hydroxyl groups is 1. The van der Waals surface area contributed by atoms with Crippen LogP contribution in [0.15, 0.2) is 0 Å². The van der Waals surface area contributed by atoms with Gasteiger partial charge in [-0.25, -0.2) is 0 Å². The number of hydrogen-bond acceptors (Lipinski definition) is 3. The van der Waals surface area contributed by atoms with Gasteiger partial charge in [0.1, 0.15) is 0 Å². The molecule has 0 unspecified atom stereocenters. The molecule has 0 aromatic carbocycles. The highest BCUT2D eigenvalue weighted by Crippen LogP contribution is 2.27. The Morgan fingerprint density at radius 2 is 1.79 bits per heavy atom. The summed E-state index contributed by atoms with van der Waals surface area (Å²) in [6, 6.07) is 0. The summed E-state index contributed by atoms with van der Waals surface area (Å²) >= 11 is 1.99. The molecule has 2 aliphatic rings. The molecule has 0 aromatic rings. The van der Waals surface area contributed by atoms with Crippen molar-refractivity contribution in [3.05, 3.63) is 0 Å². The minimum Gasteiger partial charge on any atom is -0.388 e. The number of carbonyl (C=O) groups is 1. The van der Waals surface area contributed by atoms with Gasteiger partial charge in [0.15, 0.2) is 0 Å². The van der Waals surface area contributed by atoms with E-state index in [1.54, 1.807) is 0 Å². The molecule has 4 heteroatoms. The number of carbonyl (C=O) groups excluding carboxylic acids is 1. The first kappa shape index (κ1) is 15.2. The Kier molecular flexibility index (Phi) is 6.02. The zero-order valence-electron chi connectivity index (χ0n) is 11.8. The average molecular weight is 285 g/mol. The normalized spacial score (nSPS) is 24.7. The van der Waals surface area contributed by atoms with Crippen LogP contribution in [0.5, 0.6) is 0 Å². The summed E-state index contributed by atoms with van der Waals surface area (Å²) in [6.07, 6.45) is 9.28. The van der Waals surface area contributed by atoms with Gasteiger partial charge in [-0.05, 0) is 43.1 Å². The van der Waals surface area contributed by atoms with E-state index in [0.717, 1.165) is 25.7 Å². The highest BCUT2D eigenvalue weighted by molar-refractivity contribution is 7.99. The molecule has 1 amide bonds. The Bertz CT molecular complexity index is 282. The SMILES string of the molecule is O=C(CC1CCSCC1)NCC1(O)CCCCCC1. The summed E-state index contributed by atoms with van der Waals surface area (Å²) in [5.74, 6) is 3.09. The molecule has 19 heavy (non-hydrogen) atoms. The maximum Gasteiger partial charge on any atom is 0.220 e. The van der Waals surface area contributed by atoms with Crippen LogP contribution in [0.25, 0.3) is 0 Å². The van der Waals surface area contributed by atoms with Crippen molar-refractivity contribution in [2.75, 3.05) is 18.1 Å². The number of rotatable bonds is 4. The molecule has 1 heterocycles. The molecule has 0 aromatic heterocycles. The Balaban J connectivity index is 1.69. The van der Waals surface area contributed by atoms with Crippen LogP contribution < -0.4 is 5.32 Å². The van der Waals surface area contributed by atoms with Crippen molar-refractivity contribution in [1.29, 1.82) is 0 Å². The van der Waals surface area contributed by atoms with Crippen LogP contribution in [0.2, 0.25) is 0 Å². The third-order valence-electron chi connectivity index (χ3n) is 4.46. The van der Waals surface area contributed by atoms with Crippen molar-refractivity contribution >= 4 is 17.7 Å². The summed E-state index contributed by atoms with van der Waals surface area (Å²) in [5.41, 5.74) is -0.644. The Morgan fingerprint density at radius 1 is 1.16 bits per heavy atom. The molecule has 0 spiro atoms. The zero-order chi connectivity index (χ0) is 13.6. The molecular formula is C15H27NO2S. The van der Waals surface area contributed by atoms with Crippen LogP contribution in [0.3, 0.4) is 0 Å². The fourth-order valence-corrected chi connectivity index (χ4v) is 4.32. The van der Waals surface area contributed by atoms with Crippen molar-refractivity contribution in [1.82, 2.24) is 5.32 Å². The van der Waals surface area contributed by atoms with E-state index in [1.165, 1.54) is 37.2 Å². The smallest absolute Gasteiger partial charge is 0.220 e. The van der Waals surface area contributed by atoms with E-state index in [0.29, 0.717) is 18.9 Å². The minimum absolute atomic E-state index is 0.134. The van der Waals surface area contributed by atoms with Crippen LogP contribution in [0.4, 0.5) is 0 Å². The quantitative estimate of drug-likeness (QED) is 0.781. The maximum atomic E-state index is 12.0. The van der Waals surface area contributed by atoms with E-state index in [4.69, 9.17) is 0 Å². The maximum absolute atomic E-state index is 12.0. The van der Waals surface area contributed by atoms with E-state index in [9.17, 15) is 9.90 Å². The van der Waals surface area contributed by atoms with Gasteiger partial charge in [0.05, 0.1) is 5.60 Å². The lowest BCUT2D eigenvalue weighted by Crippen LogP contribution is -2.43. The fourth-order valence-electron chi connectivity index (χ4n) is 3.11. The molecule has 0 atom stereocenters. The lowest BCUT2D eigenvalue weighted by molar-refractivity contribution is -0.123. The lowest BCUT2D eigenvalue weighted by atomic mass is 9.94. The summed E-state index contributed by atoms with van der Waals surface area (Å²) in [5, 5.41) is 13.5. The van der Waals surface area contributed by atoms with Gasteiger partial charge in [0.2, 0.25) is 5.91 Å². The first-order chi connectivity index (χ1) is 9.18. The van der Waals surface area contributed by atoms with E-state index < -0.39 is 5.60 Å². The second-order valence-electron chi connectivity index (χ2n) is 6.18.